The summed E-state index contributed by atoms with van der Waals surface area (Å²) in [6.07, 6.45) is 0.379. The first-order chi connectivity index (χ1) is 12.8. The second kappa shape index (κ2) is 8.38. The van der Waals surface area contributed by atoms with E-state index in [1.165, 1.54) is 19.2 Å². The van der Waals surface area contributed by atoms with Gasteiger partial charge < -0.3 is 9.84 Å². The van der Waals surface area contributed by atoms with Gasteiger partial charge in [0.1, 0.15) is 11.4 Å². The Morgan fingerprint density at radius 3 is 2.41 bits per heavy atom. The number of nitrogens with zero attached hydrogens (tertiary/aromatic N) is 3. The van der Waals surface area contributed by atoms with Gasteiger partial charge in [0.2, 0.25) is 0 Å². The molecule has 2 aromatic carbocycles. The maximum Gasteiger partial charge on any atom is 0.344 e. The topological polar surface area (TPSA) is 157 Å². The number of carboxylic acid groups (broad SMARTS) is 1. The molecule has 2 N–H and O–H groups in total. The van der Waals surface area contributed by atoms with Gasteiger partial charge in [-0.3, -0.25) is 25.7 Å². The first kappa shape index (κ1) is 19.3. The number of ether oxygens (including phenoxy) is 1. The lowest BCUT2D eigenvalue weighted by atomic mass is 10.2. The largest absolute Gasteiger partial charge is 0.479 e. The molecule has 11 heteroatoms. The second-order valence-electron chi connectivity index (χ2n) is 5.25. The molecule has 2 aromatic rings. The van der Waals surface area contributed by atoms with Crippen LogP contribution in [0.5, 0.6) is 5.75 Å². The minimum absolute atomic E-state index is 0.00270. The number of nitrogens with one attached hydrogen (secondary N) is 1. The molecule has 11 nitrogen and oxygen atoms in total. The van der Waals surface area contributed by atoms with Crippen LogP contribution in [-0.4, -0.2) is 33.2 Å². The highest BCUT2D eigenvalue weighted by molar-refractivity contribution is 5.81. The van der Waals surface area contributed by atoms with Gasteiger partial charge in [-0.1, -0.05) is 0 Å². The number of non-ortho nitro benzene ring substituents is 1. The molecule has 0 aliphatic carbocycles. The van der Waals surface area contributed by atoms with E-state index in [9.17, 15) is 25.0 Å². The zero-order valence-electron chi connectivity index (χ0n) is 13.9. The van der Waals surface area contributed by atoms with Crippen molar-refractivity contribution in [2.24, 2.45) is 5.10 Å². The zero-order chi connectivity index (χ0) is 20.0. The molecule has 0 heterocycles. The Morgan fingerprint density at radius 1 is 1.19 bits per heavy atom. The molecule has 1 atom stereocenters. The van der Waals surface area contributed by atoms with Gasteiger partial charge >= 0.3 is 11.7 Å². The molecule has 140 valence electrons. The molecule has 0 aromatic heterocycles. The fourth-order valence-electron chi connectivity index (χ4n) is 1.94. The van der Waals surface area contributed by atoms with Crippen LogP contribution in [0.1, 0.15) is 12.5 Å². The summed E-state index contributed by atoms with van der Waals surface area (Å²) in [5, 5.41) is 34.4. The Bertz CT molecular complexity index is 896. The van der Waals surface area contributed by atoms with E-state index in [2.05, 4.69) is 10.5 Å². The lowest BCUT2D eigenvalue weighted by molar-refractivity contribution is -0.393. The quantitative estimate of drug-likeness (QED) is 0.405. The molecule has 0 fully saturated rings. The SMILES string of the molecule is C[C@@H](Oc1ccc(/C=N\Nc2ccc([N+](=O)[O-])cc2[N+](=O)[O-])cc1)C(=O)O. The van der Waals surface area contributed by atoms with Crippen molar-refractivity contribution in [1.82, 2.24) is 0 Å². The molecular formula is C16H14N4O7. The summed E-state index contributed by atoms with van der Waals surface area (Å²) in [4.78, 5) is 31.0. The molecule has 0 saturated heterocycles. The lowest BCUT2D eigenvalue weighted by Gasteiger charge is -2.09. The third kappa shape index (κ3) is 5.22. The summed E-state index contributed by atoms with van der Waals surface area (Å²) in [6.45, 7) is 1.40. The highest BCUT2D eigenvalue weighted by Crippen LogP contribution is 2.28. The van der Waals surface area contributed by atoms with Crippen LogP contribution in [0.15, 0.2) is 47.6 Å². The number of benzene rings is 2. The average Bonchev–Trinajstić information content (AvgIpc) is 2.62. The van der Waals surface area contributed by atoms with Crippen LogP contribution in [0.4, 0.5) is 17.1 Å². The molecular weight excluding hydrogens is 360 g/mol. The van der Waals surface area contributed by atoms with Crippen LogP contribution < -0.4 is 10.2 Å². The third-order valence-corrected chi connectivity index (χ3v) is 3.33. The first-order valence-corrected chi connectivity index (χ1v) is 7.49. The van der Waals surface area contributed by atoms with E-state index in [1.807, 2.05) is 0 Å². The van der Waals surface area contributed by atoms with E-state index in [-0.39, 0.29) is 5.69 Å². The Labute approximate surface area is 152 Å². The molecule has 0 saturated carbocycles. The molecule has 2 rings (SSSR count). The zero-order valence-corrected chi connectivity index (χ0v) is 13.9. The molecule has 0 aliphatic heterocycles. The van der Waals surface area contributed by atoms with Gasteiger partial charge in [-0.2, -0.15) is 5.10 Å². The average molecular weight is 374 g/mol. The Balaban J connectivity index is 2.08. The van der Waals surface area contributed by atoms with Gasteiger partial charge in [0.15, 0.2) is 6.10 Å². The fourth-order valence-corrected chi connectivity index (χ4v) is 1.94. The maximum absolute atomic E-state index is 11.0. The summed E-state index contributed by atoms with van der Waals surface area (Å²) in [5.41, 5.74) is 2.20. The Hall–Kier alpha value is -4.02. The molecule has 0 amide bonds. The van der Waals surface area contributed by atoms with E-state index >= 15 is 0 Å². The van der Waals surface area contributed by atoms with Crippen molar-refractivity contribution in [2.75, 3.05) is 5.43 Å². The van der Waals surface area contributed by atoms with Gasteiger partial charge in [0, 0.05) is 6.07 Å². The molecule has 0 radical (unpaired) electrons. The summed E-state index contributed by atoms with van der Waals surface area (Å²) in [5.74, 6) is -0.726. The van der Waals surface area contributed by atoms with Gasteiger partial charge in [0.25, 0.3) is 5.69 Å². The number of rotatable bonds is 8. The number of nitro benzene ring substituents is 2. The smallest absolute Gasteiger partial charge is 0.344 e. The highest BCUT2D eigenvalue weighted by Gasteiger charge is 2.19. The summed E-state index contributed by atoms with van der Waals surface area (Å²) >= 11 is 0. The van der Waals surface area contributed by atoms with Crippen molar-refractivity contribution >= 4 is 29.2 Å². The van der Waals surface area contributed by atoms with Crippen LogP contribution in [0.3, 0.4) is 0 Å². The van der Waals surface area contributed by atoms with Crippen molar-refractivity contribution in [1.29, 1.82) is 0 Å². The number of carbonyl (C=O) groups is 1. The fraction of sp³-hybridized carbons (Fsp3) is 0.125. The van der Waals surface area contributed by atoms with Crippen LogP contribution in [0, 0.1) is 20.2 Å². The minimum Gasteiger partial charge on any atom is -0.479 e. The lowest BCUT2D eigenvalue weighted by Crippen LogP contribution is -2.22. The summed E-state index contributed by atoms with van der Waals surface area (Å²) in [6, 6.07) is 9.48. The van der Waals surface area contributed by atoms with Crippen LogP contribution in [0.2, 0.25) is 0 Å². The Kier molecular flexibility index (Phi) is 5.99. The summed E-state index contributed by atoms with van der Waals surface area (Å²) < 4.78 is 5.19. The van der Waals surface area contributed by atoms with Crippen molar-refractivity contribution < 1.29 is 24.5 Å². The number of carboxylic acids is 1. The number of hydrazone groups is 1. The van der Waals surface area contributed by atoms with E-state index < -0.39 is 33.3 Å². The number of aliphatic carboxylic acids is 1. The summed E-state index contributed by atoms with van der Waals surface area (Å²) in [7, 11) is 0. The second-order valence-corrected chi connectivity index (χ2v) is 5.25. The molecule has 0 bridgehead atoms. The van der Waals surface area contributed by atoms with Crippen molar-refractivity contribution in [3.63, 3.8) is 0 Å². The highest BCUT2D eigenvalue weighted by atomic mass is 16.6. The van der Waals surface area contributed by atoms with E-state index in [0.29, 0.717) is 11.3 Å². The normalized spacial score (nSPS) is 11.7. The van der Waals surface area contributed by atoms with Gasteiger partial charge in [-0.05, 0) is 42.8 Å². The van der Waals surface area contributed by atoms with Gasteiger partial charge in [-0.15, -0.1) is 0 Å². The van der Waals surface area contributed by atoms with E-state index in [1.54, 1.807) is 24.3 Å². The number of nitro groups is 2. The van der Waals surface area contributed by atoms with Crippen molar-refractivity contribution in [2.45, 2.75) is 13.0 Å². The van der Waals surface area contributed by atoms with Gasteiger partial charge in [-0.25, -0.2) is 4.79 Å². The third-order valence-electron chi connectivity index (χ3n) is 3.33. The number of hydrogen-bond acceptors (Lipinski definition) is 8. The van der Waals surface area contributed by atoms with Crippen LogP contribution in [0.25, 0.3) is 0 Å². The van der Waals surface area contributed by atoms with Crippen LogP contribution >= 0.6 is 0 Å². The predicted octanol–water partition coefficient (Wildman–Crippen LogP) is 2.80. The minimum atomic E-state index is -1.09. The monoisotopic (exact) mass is 374 g/mol. The maximum atomic E-state index is 11.0. The molecule has 27 heavy (non-hydrogen) atoms. The van der Waals surface area contributed by atoms with Crippen molar-refractivity contribution in [3.05, 3.63) is 68.3 Å². The standard InChI is InChI=1S/C16H14N4O7/c1-10(16(21)22)27-13-5-2-11(3-6-13)9-17-18-14-7-4-12(19(23)24)8-15(14)20(25)26/h2-10,18H,1H3,(H,21,22)/b17-9-/t10-/m1/s1. The van der Waals surface area contributed by atoms with E-state index in [4.69, 9.17) is 9.84 Å². The number of hydrogen-bond donors (Lipinski definition) is 2. The number of anilines is 1. The molecule has 0 aliphatic rings. The predicted molar refractivity (Wildman–Crippen MR) is 95.1 cm³/mol. The van der Waals surface area contributed by atoms with E-state index in [0.717, 1.165) is 12.1 Å². The molecule has 0 spiro atoms. The Morgan fingerprint density at radius 2 is 1.85 bits per heavy atom. The first-order valence-electron chi connectivity index (χ1n) is 7.49. The van der Waals surface area contributed by atoms with Crippen LogP contribution in [-0.2, 0) is 4.79 Å². The van der Waals surface area contributed by atoms with Gasteiger partial charge in [0.05, 0.1) is 22.1 Å². The molecule has 0 unspecified atom stereocenters. The van der Waals surface area contributed by atoms with Crippen molar-refractivity contribution in [3.8, 4) is 5.75 Å².